The first-order valence-corrected chi connectivity index (χ1v) is 7.79. The van der Waals surface area contributed by atoms with E-state index < -0.39 is 7.12 Å². The van der Waals surface area contributed by atoms with Gasteiger partial charge in [0.2, 0.25) is 0 Å². The maximum Gasteiger partial charge on any atom is 0.515 e. The molecule has 1 fully saturated rings. The second kappa shape index (κ2) is 5.66. The zero-order valence-electron chi connectivity index (χ0n) is 14.3. The van der Waals surface area contributed by atoms with Gasteiger partial charge in [-0.05, 0) is 57.0 Å². The summed E-state index contributed by atoms with van der Waals surface area (Å²) in [7, 11) is 1.19. The van der Waals surface area contributed by atoms with Crippen molar-refractivity contribution in [3.8, 4) is 16.9 Å². The normalized spacial score (nSPS) is 18.9. The molecule has 0 unspecified atom stereocenters. The van der Waals surface area contributed by atoms with Gasteiger partial charge in [0.15, 0.2) is 0 Å². The molecular weight excluding hydrogens is 289 g/mol. The molecule has 1 saturated heterocycles. The van der Waals surface area contributed by atoms with Gasteiger partial charge in [0, 0.05) is 6.20 Å². The number of hydrogen-bond acceptors (Lipinski definition) is 4. The number of pyridine rings is 1. The maximum absolute atomic E-state index is 6.15. The van der Waals surface area contributed by atoms with Gasteiger partial charge in [0.1, 0.15) is 5.75 Å². The van der Waals surface area contributed by atoms with Crippen LogP contribution in [0.25, 0.3) is 11.1 Å². The summed E-state index contributed by atoms with van der Waals surface area (Å²) in [6.07, 6.45) is 1.77. The molecule has 0 N–H and O–H groups in total. The largest absolute Gasteiger partial charge is 0.515 e. The van der Waals surface area contributed by atoms with Crippen LogP contribution in [0.3, 0.4) is 0 Å². The zero-order chi connectivity index (χ0) is 16.7. The molecule has 3 rings (SSSR count). The Labute approximate surface area is 137 Å². The molecule has 0 saturated carbocycles. The molecule has 0 atom stereocenters. The number of methoxy groups -OCH3 is 1. The Kier molecular flexibility index (Phi) is 3.94. The van der Waals surface area contributed by atoms with Crippen LogP contribution in [0.1, 0.15) is 27.7 Å². The summed E-state index contributed by atoms with van der Waals surface area (Å²) in [6, 6.07) is 11.9. The van der Waals surface area contributed by atoms with Crippen LogP contribution in [0.4, 0.5) is 0 Å². The number of rotatable bonds is 3. The van der Waals surface area contributed by atoms with E-state index in [4.69, 9.17) is 14.0 Å². The van der Waals surface area contributed by atoms with Crippen LogP contribution in [0.15, 0.2) is 42.6 Å². The van der Waals surface area contributed by atoms with Crippen molar-refractivity contribution >= 4 is 12.7 Å². The Morgan fingerprint density at radius 2 is 1.57 bits per heavy atom. The molecule has 0 bridgehead atoms. The van der Waals surface area contributed by atoms with Crippen molar-refractivity contribution in [3.63, 3.8) is 0 Å². The minimum atomic E-state index is -0.474. The highest BCUT2D eigenvalue weighted by Crippen LogP contribution is 2.37. The Hall–Kier alpha value is -1.85. The van der Waals surface area contributed by atoms with Crippen molar-refractivity contribution in [3.05, 3.63) is 42.6 Å². The minimum absolute atomic E-state index is 0.383. The first kappa shape index (κ1) is 16.0. The topological polar surface area (TPSA) is 40.6 Å². The third-order valence-corrected chi connectivity index (χ3v) is 4.72. The fourth-order valence-corrected chi connectivity index (χ4v) is 2.57. The van der Waals surface area contributed by atoms with E-state index in [0.717, 1.165) is 22.5 Å². The van der Waals surface area contributed by atoms with E-state index in [1.165, 1.54) is 0 Å². The lowest BCUT2D eigenvalue weighted by Crippen LogP contribution is -2.41. The van der Waals surface area contributed by atoms with Gasteiger partial charge in [-0.25, -0.2) is 0 Å². The average molecular weight is 311 g/mol. The van der Waals surface area contributed by atoms with Gasteiger partial charge in [-0.1, -0.05) is 18.2 Å². The van der Waals surface area contributed by atoms with Gasteiger partial charge in [-0.15, -0.1) is 0 Å². The van der Waals surface area contributed by atoms with Crippen LogP contribution in [-0.2, 0) is 9.31 Å². The third kappa shape index (κ3) is 2.86. The van der Waals surface area contributed by atoms with Crippen molar-refractivity contribution in [1.82, 2.24) is 4.98 Å². The van der Waals surface area contributed by atoms with Crippen LogP contribution in [0.2, 0.25) is 0 Å². The summed E-state index contributed by atoms with van der Waals surface area (Å²) in [5.74, 6) is 0.829. The SMILES string of the molecule is COc1ccc(-c2cccnc2B2OC(C)(C)C(C)(C)O2)cc1. The van der Waals surface area contributed by atoms with Crippen molar-refractivity contribution in [1.29, 1.82) is 0 Å². The van der Waals surface area contributed by atoms with E-state index >= 15 is 0 Å². The van der Waals surface area contributed by atoms with E-state index in [9.17, 15) is 0 Å². The van der Waals surface area contributed by atoms with Crippen LogP contribution in [-0.4, -0.2) is 30.4 Å². The molecule has 2 heterocycles. The number of hydrogen-bond donors (Lipinski definition) is 0. The van der Waals surface area contributed by atoms with E-state index in [1.54, 1.807) is 13.3 Å². The summed E-state index contributed by atoms with van der Waals surface area (Å²) in [5.41, 5.74) is 2.10. The van der Waals surface area contributed by atoms with Crippen molar-refractivity contribution < 1.29 is 14.0 Å². The number of nitrogens with zero attached hydrogens (tertiary/aromatic N) is 1. The van der Waals surface area contributed by atoms with Crippen molar-refractivity contribution in [2.24, 2.45) is 0 Å². The van der Waals surface area contributed by atoms with Crippen LogP contribution >= 0.6 is 0 Å². The summed E-state index contributed by atoms with van der Waals surface area (Å²) in [6.45, 7) is 8.18. The second-order valence-corrected chi connectivity index (χ2v) is 6.75. The second-order valence-electron chi connectivity index (χ2n) is 6.75. The number of aromatic nitrogens is 1. The molecule has 1 aromatic heterocycles. The zero-order valence-corrected chi connectivity index (χ0v) is 14.3. The minimum Gasteiger partial charge on any atom is -0.497 e. The summed E-state index contributed by atoms with van der Waals surface area (Å²) in [4.78, 5) is 4.53. The molecule has 0 aliphatic carbocycles. The van der Waals surface area contributed by atoms with Crippen LogP contribution < -0.4 is 10.3 Å². The first-order chi connectivity index (χ1) is 10.8. The number of ether oxygens (including phenoxy) is 1. The fourth-order valence-electron chi connectivity index (χ4n) is 2.57. The summed E-state index contributed by atoms with van der Waals surface area (Å²) in [5, 5.41) is 0. The van der Waals surface area contributed by atoms with Gasteiger partial charge in [0.25, 0.3) is 0 Å². The summed E-state index contributed by atoms with van der Waals surface area (Å²) < 4.78 is 17.5. The molecule has 4 nitrogen and oxygen atoms in total. The molecule has 0 amide bonds. The molecule has 2 aromatic rings. The highest BCUT2D eigenvalue weighted by molar-refractivity contribution is 6.62. The van der Waals surface area contributed by atoms with E-state index in [0.29, 0.717) is 0 Å². The highest BCUT2D eigenvalue weighted by atomic mass is 16.7. The third-order valence-electron chi connectivity index (χ3n) is 4.72. The molecule has 1 aliphatic rings. The molecular formula is C18H22BNO3. The van der Waals surface area contributed by atoms with Crippen LogP contribution in [0, 0.1) is 0 Å². The molecule has 120 valence electrons. The fraction of sp³-hybridized carbons (Fsp3) is 0.389. The Morgan fingerprint density at radius 3 is 2.13 bits per heavy atom. The van der Waals surface area contributed by atoms with Gasteiger partial charge < -0.3 is 14.0 Å². The summed E-state index contributed by atoms with van der Waals surface area (Å²) >= 11 is 0. The predicted molar refractivity (Wildman–Crippen MR) is 91.9 cm³/mol. The monoisotopic (exact) mass is 311 g/mol. The van der Waals surface area contributed by atoms with E-state index in [1.807, 2.05) is 64.1 Å². The van der Waals surface area contributed by atoms with Crippen molar-refractivity contribution in [2.75, 3.05) is 7.11 Å². The van der Waals surface area contributed by atoms with Crippen LogP contribution in [0.5, 0.6) is 5.75 Å². The van der Waals surface area contributed by atoms with E-state index in [2.05, 4.69) is 4.98 Å². The molecule has 1 aromatic carbocycles. The Bertz CT molecular complexity index is 682. The van der Waals surface area contributed by atoms with Gasteiger partial charge in [-0.3, -0.25) is 4.98 Å². The predicted octanol–water partition coefficient (Wildman–Crippen LogP) is 3.06. The van der Waals surface area contributed by atoms with Gasteiger partial charge in [-0.2, -0.15) is 0 Å². The molecule has 5 heteroatoms. The quantitative estimate of drug-likeness (QED) is 0.817. The Balaban J connectivity index is 1.99. The van der Waals surface area contributed by atoms with Crippen molar-refractivity contribution in [2.45, 2.75) is 38.9 Å². The maximum atomic E-state index is 6.15. The molecule has 0 spiro atoms. The molecule has 23 heavy (non-hydrogen) atoms. The smallest absolute Gasteiger partial charge is 0.497 e. The van der Waals surface area contributed by atoms with E-state index in [-0.39, 0.29) is 11.2 Å². The highest BCUT2D eigenvalue weighted by Gasteiger charge is 2.52. The standard InChI is InChI=1S/C18H22BNO3/c1-17(2)18(3,4)23-19(22-17)16-15(7-6-12-20-16)13-8-10-14(21-5)11-9-13/h6-12H,1-5H3. The van der Waals surface area contributed by atoms with Gasteiger partial charge >= 0.3 is 7.12 Å². The Morgan fingerprint density at radius 1 is 0.957 bits per heavy atom. The number of benzene rings is 1. The van der Waals surface area contributed by atoms with Gasteiger partial charge in [0.05, 0.1) is 23.9 Å². The molecule has 1 aliphatic heterocycles. The lowest BCUT2D eigenvalue weighted by atomic mass is 9.79. The average Bonchev–Trinajstić information content (AvgIpc) is 2.75. The lowest BCUT2D eigenvalue weighted by Gasteiger charge is -2.32. The lowest BCUT2D eigenvalue weighted by molar-refractivity contribution is 0.00578. The molecule has 0 radical (unpaired) electrons. The first-order valence-electron chi connectivity index (χ1n) is 7.79.